The third-order valence-corrected chi connectivity index (χ3v) is 15.0. The Hall–Kier alpha value is -4.34. The monoisotopic (exact) mass is 1020 g/mol. The van der Waals surface area contributed by atoms with E-state index in [1.807, 2.05) is 34.6 Å². The van der Waals surface area contributed by atoms with Crippen molar-refractivity contribution in [3.8, 4) is 0 Å². The summed E-state index contributed by atoms with van der Waals surface area (Å²) in [5.74, 6) is -1.50. The van der Waals surface area contributed by atoms with Crippen LogP contribution in [0.15, 0.2) is 60.3 Å². The molecular formula is C50H85N7O11S2. The lowest BCUT2D eigenvalue weighted by molar-refractivity contribution is -0.385. The van der Waals surface area contributed by atoms with Gasteiger partial charge in [-0.15, -0.1) is 0 Å². The first-order valence-electron chi connectivity index (χ1n) is 23.9. The number of amides is 4. The number of aliphatic hydroxyl groups is 1. The van der Waals surface area contributed by atoms with Gasteiger partial charge in [-0.1, -0.05) is 103 Å². The summed E-state index contributed by atoms with van der Waals surface area (Å²) in [6.45, 7) is 27.3. The third kappa shape index (κ3) is 22.0. The van der Waals surface area contributed by atoms with Crippen LogP contribution in [0, 0.1) is 27.9 Å². The number of nitrogens with one attached hydrogen (secondary N) is 2. The maximum absolute atomic E-state index is 13.2. The van der Waals surface area contributed by atoms with Crippen molar-refractivity contribution in [1.82, 2.24) is 30.3 Å². The van der Waals surface area contributed by atoms with Crippen molar-refractivity contribution in [2.24, 2.45) is 17.8 Å². The zero-order chi connectivity index (χ0) is 53.9. The number of hydrogen-bond acceptors (Lipinski definition) is 15. The van der Waals surface area contributed by atoms with Gasteiger partial charge in [0.05, 0.1) is 52.5 Å². The fourth-order valence-corrected chi connectivity index (χ4v) is 9.71. The number of nitrogens with zero attached hydrogens (tertiary/aromatic N) is 5. The van der Waals surface area contributed by atoms with Crippen LogP contribution in [0.3, 0.4) is 0 Å². The number of rotatable bonds is 27. The maximum atomic E-state index is 13.2. The maximum Gasteiger partial charge on any atom is 0.410 e. The number of aromatic nitrogens is 1. The molecular weight excluding hydrogens is 939 g/mol. The first kappa shape index (κ1) is 65.7. The smallest absolute Gasteiger partial charge is 0.410 e. The van der Waals surface area contributed by atoms with E-state index in [-0.39, 0.29) is 73.0 Å². The summed E-state index contributed by atoms with van der Waals surface area (Å²) in [4.78, 5) is 82.3. The van der Waals surface area contributed by atoms with Crippen LogP contribution in [0.5, 0.6) is 0 Å². The number of methoxy groups -OCH3 is 2. The van der Waals surface area contributed by atoms with Crippen LogP contribution in [0.2, 0.25) is 0 Å². The molecule has 0 saturated carbocycles. The van der Waals surface area contributed by atoms with Gasteiger partial charge in [-0.25, -0.2) is 9.78 Å². The van der Waals surface area contributed by atoms with Gasteiger partial charge < -0.3 is 44.5 Å². The number of hydrogen-bond donors (Lipinski definition) is 3. The average Bonchev–Trinajstić information content (AvgIpc) is 3.75. The van der Waals surface area contributed by atoms with Gasteiger partial charge in [-0.05, 0) is 81.5 Å². The molecule has 0 aromatic carbocycles. The Morgan fingerprint density at radius 3 is 2.14 bits per heavy atom. The van der Waals surface area contributed by atoms with Crippen molar-refractivity contribution in [3.05, 3.63) is 65.4 Å². The number of carbonyl (C=O) groups excluding carboxylic acids is 5. The number of nitro groups is 1. The summed E-state index contributed by atoms with van der Waals surface area (Å²) < 4.78 is 16.1. The Morgan fingerprint density at radius 1 is 1.06 bits per heavy atom. The summed E-state index contributed by atoms with van der Waals surface area (Å²) >= 11 is 0. The fraction of sp³-hybridized carbons (Fsp3) is 0.680. The number of aldehydes is 1. The predicted molar refractivity (Wildman–Crippen MR) is 280 cm³/mol. The molecule has 2 heterocycles. The van der Waals surface area contributed by atoms with Crippen LogP contribution in [-0.4, -0.2) is 162 Å². The number of pyridine rings is 1. The highest BCUT2D eigenvalue weighted by Gasteiger charge is 2.38. The highest BCUT2D eigenvalue weighted by atomic mass is 33.1. The molecule has 0 bridgehead atoms. The molecule has 1 fully saturated rings. The Kier molecular flexibility index (Phi) is 32.0. The molecule has 1 saturated heterocycles. The van der Waals surface area contributed by atoms with E-state index in [0.717, 1.165) is 32.1 Å². The van der Waals surface area contributed by atoms with E-state index in [2.05, 4.69) is 54.6 Å². The van der Waals surface area contributed by atoms with Crippen molar-refractivity contribution in [2.75, 3.05) is 55.1 Å². The Labute approximate surface area is 426 Å². The van der Waals surface area contributed by atoms with Gasteiger partial charge >= 0.3 is 6.09 Å². The Morgan fingerprint density at radius 2 is 1.69 bits per heavy atom. The van der Waals surface area contributed by atoms with Gasteiger partial charge in [0.25, 0.3) is 5.69 Å². The number of aliphatic hydroxyl groups excluding tert-OH is 1. The van der Waals surface area contributed by atoms with Crippen molar-refractivity contribution < 1.29 is 48.2 Å². The molecule has 0 radical (unpaired) electrons. The van der Waals surface area contributed by atoms with Crippen LogP contribution < -0.4 is 10.6 Å². The van der Waals surface area contributed by atoms with Gasteiger partial charge in [0, 0.05) is 46.8 Å². The van der Waals surface area contributed by atoms with Gasteiger partial charge in [0.2, 0.25) is 17.7 Å². The zero-order valence-corrected chi connectivity index (χ0v) is 46.1. The largest absolute Gasteiger partial charge is 0.448 e. The second-order valence-corrected chi connectivity index (χ2v) is 21.3. The third-order valence-electron chi connectivity index (χ3n) is 11.8. The SMILES string of the molecule is C=C/C=C(\C=C)C(O)C(C)NC(=O)C(C)C(OC)C1CCCN1C.CCC.CCC(C)C(C(CC=O)OC)N(C)C(=O)CNC(=O)C(C(C)C)N(C)C(=O)OCC(C)(C)SSc1ccc([N+](=O)[O-])cn1. The van der Waals surface area contributed by atoms with Gasteiger partial charge in [0.15, 0.2) is 0 Å². The molecule has 1 aliphatic rings. The number of allylic oxidation sites excluding steroid dienone is 2. The van der Waals surface area contributed by atoms with E-state index in [1.165, 1.54) is 64.2 Å². The molecule has 9 unspecified atom stereocenters. The summed E-state index contributed by atoms with van der Waals surface area (Å²) in [6.07, 6.45) is 8.95. The molecule has 0 aliphatic carbocycles. The lowest BCUT2D eigenvalue weighted by Crippen LogP contribution is -2.55. The number of ether oxygens (including phenoxy) is 3. The molecule has 9 atom stereocenters. The molecule has 18 nitrogen and oxygen atoms in total. The summed E-state index contributed by atoms with van der Waals surface area (Å²) in [5.41, 5.74) is 0.527. The summed E-state index contributed by atoms with van der Waals surface area (Å²) in [6, 6.07) is 1.48. The first-order chi connectivity index (χ1) is 32.9. The zero-order valence-electron chi connectivity index (χ0n) is 44.5. The molecule has 70 heavy (non-hydrogen) atoms. The van der Waals surface area contributed by atoms with Crippen molar-refractivity contribution >= 4 is 57.4 Å². The van der Waals surface area contributed by atoms with E-state index >= 15 is 0 Å². The highest BCUT2D eigenvalue weighted by molar-refractivity contribution is 8.77. The van der Waals surface area contributed by atoms with Gasteiger partial charge in [-0.2, -0.15) is 0 Å². The molecule has 1 aromatic heterocycles. The quantitative estimate of drug-likeness (QED) is 0.0255. The van der Waals surface area contributed by atoms with Crippen LogP contribution in [0.25, 0.3) is 0 Å². The molecule has 1 aromatic rings. The lowest BCUT2D eigenvalue weighted by atomic mass is 9.91. The van der Waals surface area contributed by atoms with E-state index in [9.17, 15) is 39.2 Å². The minimum absolute atomic E-state index is 0.0228. The molecule has 3 N–H and O–H groups in total. The van der Waals surface area contributed by atoms with E-state index in [1.54, 1.807) is 59.2 Å². The van der Waals surface area contributed by atoms with E-state index < -0.39 is 46.0 Å². The van der Waals surface area contributed by atoms with E-state index in [0.29, 0.717) is 10.6 Å². The Balaban J connectivity index is 0.00000148. The fourth-order valence-electron chi connectivity index (χ4n) is 7.69. The molecule has 0 spiro atoms. The number of likely N-dealkylation sites (tertiary alicyclic amines) is 1. The van der Waals surface area contributed by atoms with E-state index in [4.69, 9.17) is 14.2 Å². The van der Waals surface area contributed by atoms with Crippen molar-refractivity contribution in [2.45, 2.75) is 154 Å². The molecule has 4 amide bonds. The first-order valence-corrected chi connectivity index (χ1v) is 26.0. The average molecular weight is 1020 g/mol. The summed E-state index contributed by atoms with van der Waals surface area (Å²) in [5, 5.41) is 27.3. The van der Waals surface area contributed by atoms with Gasteiger partial charge in [-0.3, -0.25) is 29.4 Å². The highest BCUT2D eigenvalue weighted by Crippen LogP contribution is 2.40. The molecule has 20 heteroatoms. The topological polar surface area (TPSA) is 223 Å². The standard InChI is InChI=1S/C28H45N5O8S2.C19H32N2O3.C3H8/c1-10-19(4)25(21(40-9)13-14-34)31(7)23(35)16-30-26(36)24(18(2)3)32(8)27(37)41-17-28(5,6)43-42-22-12-11-20(15-29-22)33(38)39;1-7-10-15(8-2)17(22)14(4)20-19(23)13(3)18(24-6)16-11-9-12-21(16)5;1-3-2/h11-12,14-15,18-19,21,24-25H,10,13,16-17H2,1-9H3,(H,30,36);7-8,10,13-14,16-18,22H,1-2,9,11-12H2,3-6H3,(H,20,23);3H2,1-2H3/b;15-10+;. The van der Waals surface area contributed by atoms with Crippen molar-refractivity contribution in [1.29, 1.82) is 0 Å². The molecule has 2 rings (SSSR count). The van der Waals surface area contributed by atoms with Crippen LogP contribution in [0.4, 0.5) is 10.5 Å². The lowest BCUT2D eigenvalue weighted by Gasteiger charge is -2.37. The number of likely N-dealkylation sites (N-methyl/N-ethyl adjacent to an activating group) is 3. The summed E-state index contributed by atoms with van der Waals surface area (Å²) in [7, 11) is 11.0. The van der Waals surface area contributed by atoms with Crippen LogP contribution in [0.1, 0.15) is 101 Å². The predicted octanol–water partition coefficient (Wildman–Crippen LogP) is 7.51. The van der Waals surface area contributed by atoms with Crippen LogP contribution >= 0.6 is 21.6 Å². The minimum Gasteiger partial charge on any atom is -0.448 e. The normalized spacial score (nSPS) is 17.3. The second kappa shape index (κ2) is 34.1. The Bertz CT molecular complexity index is 1820. The van der Waals surface area contributed by atoms with Crippen molar-refractivity contribution in [3.63, 3.8) is 0 Å². The second-order valence-electron chi connectivity index (χ2n) is 18.4. The minimum atomic E-state index is -0.896. The molecule has 398 valence electrons. The van der Waals surface area contributed by atoms with Gasteiger partial charge in [0.1, 0.15) is 30.2 Å². The number of carbonyl (C=O) groups is 5. The molecule has 1 aliphatic heterocycles. The van der Waals surface area contributed by atoms with Crippen LogP contribution in [-0.2, 0) is 33.4 Å².